The van der Waals surface area contributed by atoms with Gasteiger partial charge >= 0.3 is 0 Å². The Morgan fingerprint density at radius 3 is 2.95 bits per heavy atom. The Labute approximate surface area is 120 Å². The summed E-state index contributed by atoms with van der Waals surface area (Å²) >= 11 is 6.02. The highest BCUT2D eigenvalue weighted by molar-refractivity contribution is 6.30. The van der Waals surface area contributed by atoms with E-state index in [1.165, 1.54) is 37.7 Å². The monoisotopic (exact) mass is 279 g/mol. The smallest absolute Gasteiger partial charge is 0.0697 e. The molecule has 1 atom stereocenters. The second kappa shape index (κ2) is 5.82. The summed E-state index contributed by atoms with van der Waals surface area (Å²) in [6.45, 7) is 1.81. The Morgan fingerprint density at radius 2 is 2.16 bits per heavy atom. The quantitative estimate of drug-likeness (QED) is 0.905. The molecule has 1 aromatic carbocycles. The van der Waals surface area contributed by atoms with Crippen molar-refractivity contribution in [2.24, 2.45) is 0 Å². The average molecular weight is 280 g/mol. The van der Waals surface area contributed by atoms with E-state index in [2.05, 4.69) is 11.4 Å². The van der Waals surface area contributed by atoms with E-state index < -0.39 is 0 Å². The van der Waals surface area contributed by atoms with Crippen molar-refractivity contribution in [3.8, 4) is 0 Å². The van der Waals surface area contributed by atoms with Crippen molar-refractivity contribution in [2.45, 2.75) is 56.7 Å². The van der Waals surface area contributed by atoms with Gasteiger partial charge in [0.25, 0.3) is 0 Å². The zero-order valence-electron chi connectivity index (χ0n) is 11.3. The normalized spacial score (nSPS) is 25.8. The zero-order chi connectivity index (χ0) is 13.1. The Kier molecular flexibility index (Phi) is 4.11. The summed E-state index contributed by atoms with van der Waals surface area (Å²) < 4.78 is 6.07. The lowest BCUT2D eigenvalue weighted by Gasteiger charge is -2.38. The molecule has 0 amide bonds. The predicted octanol–water partition coefficient (Wildman–Crippen LogP) is 3.92. The van der Waals surface area contributed by atoms with Gasteiger partial charge in [0.1, 0.15) is 0 Å². The highest BCUT2D eigenvalue weighted by Crippen LogP contribution is 2.39. The van der Waals surface area contributed by atoms with Gasteiger partial charge in [-0.1, -0.05) is 36.6 Å². The summed E-state index contributed by atoms with van der Waals surface area (Å²) in [4.78, 5) is 0. The number of ether oxygens (including phenoxy) is 1. The molecule has 3 rings (SSSR count). The molecule has 104 valence electrons. The lowest BCUT2D eigenvalue weighted by atomic mass is 9.89. The maximum atomic E-state index is 6.07. The lowest BCUT2D eigenvalue weighted by molar-refractivity contribution is -0.0837. The van der Waals surface area contributed by atoms with Crippen molar-refractivity contribution < 1.29 is 4.74 Å². The molecule has 1 spiro atoms. The van der Waals surface area contributed by atoms with E-state index in [9.17, 15) is 0 Å². The topological polar surface area (TPSA) is 21.3 Å². The first-order valence-electron chi connectivity index (χ1n) is 7.38. The van der Waals surface area contributed by atoms with Crippen LogP contribution in [0, 0.1) is 0 Å². The van der Waals surface area contributed by atoms with E-state index in [1.807, 2.05) is 18.2 Å². The number of halogens is 1. The van der Waals surface area contributed by atoms with Crippen molar-refractivity contribution in [1.29, 1.82) is 0 Å². The van der Waals surface area contributed by atoms with E-state index in [0.717, 1.165) is 24.6 Å². The molecule has 2 nitrogen and oxygen atoms in total. The molecule has 1 saturated carbocycles. The van der Waals surface area contributed by atoms with Gasteiger partial charge in [-0.25, -0.2) is 0 Å². The molecule has 0 radical (unpaired) electrons. The Bertz CT molecular complexity index is 429. The molecule has 0 bridgehead atoms. The van der Waals surface area contributed by atoms with Gasteiger partial charge in [-0.15, -0.1) is 0 Å². The van der Waals surface area contributed by atoms with Crippen LogP contribution in [0.25, 0.3) is 0 Å². The number of hydrogen-bond acceptors (Lipinski definition) is 2. The van der Waals surface area contributed by atoms with Gasteiger partial charge in [0.15, 0.2) is 0 Å². The summed E-state index contributed by atoms with van der Waals surface area (Å²) in [6.07, 6.45) is 7.47. The Balaban J connectivity index is 1.55. The van der Waals surface area contributed by atoms with E-state index in [1.54, 1.807) is 0 Å². The molecule has 1 aromatic rings. The van der Waals surface area contributed by atoms with Crippen LogP contribution in [-0.4, -0.2) is 18.2 Å². The van der Waals surface area contributed by atoms with Gasteiger partial charge in [0, 0.05) is 24.2 Å². The van der Waals surface area contributed by atoms with Crippen LogP contribution in [0.5, 0.6) is 0 Å². The Hall–Kier alpha value is -0.570. The van der Waals surface area contributed by atoms with Crippen LogP contribution >= 0.6 is 11.6 Å². The van der Waals surface area contributed by atoms with Crippen LogP contribution in [0.3, 0.4) is 0 Å². The Morgan fingerprint density at radius 1 is 1.32 bits per heavy atom. The first kappa shape index (κ1) is 13.4. The minimum atomic E-state index is 0.199. The zero-order valence-corrected chi connectivity index (χ0v) is 12.1. The molecule has 1 unspecified atom stereocenters. The average Bonchev–Trinajstić information content (AvgIpc) is 2.85. The molecule has 3 heteroatoms. The summed E-state index contributed by atoms with van der Waals surface area (Å²) in [5.74, 6) is 0. The molecular formula is C16H22ClNO. The standard InChI is InChI=1S/C16H22ClNO/c17-14-5-3-4-13(10-14)12-18-15-6-9-19-16(11-15)7-1-2-8-16/h3-5,10,15,18H,1-2,6-9,11-12H2. The highest BCUT2D eigenvalue weighted by atomic mass is 35.5. The molecule has 1 aliphatic heterocycles. The molecule has 2 aliphatic rings. The van der Waals surface area contributed by atoms with E-state index in [0.29, 0.717) is 6.04 Å². The van der Waals surface area contributed by atoms with Gasteiger partial charge in [-0.2, -0.15) is 0 Å². The molecule has 0 aromatic heterocycles. The van der Waals surface area contributed by atoms with Gasteiger partial charge in [-0.3, -0.25) is 0 Å². The molecule has 19 heavy (non-hydrogen) atoms. The van der Waals surface area contributed by atoms with Crippen molar-refractivity contribution in [3.63, 3.8) is 0 Å². The molecular weight excluding hydrogens is 258 g/mol. The van der Waals surface area contributed by atoms with Crippen LogP contribution in [0.15, 0.2) is 24.3 Å². The second-order valence-electron chi connectivity index (χ2n) is 5.94. The van der Waals surface area contributed by atoms with Gasteiger partial charge in [0.05, 0.1) is 5.60 Å². The summed E-state index contributed by atoms with van der Waals surface area (Å²) in [5.41, 5.74) is 1.46. The maximum Gasteiger partial charge on any atom is 0.0697 e. The van der Waals surface area contributed by atoms with E-state index >= 15 is 0 Å². The molecule has 1 saturated heterocycles. The van der Waals surface area contributed by atoms with Gasteiger partial charge in [0.2, 0.25) is 0 Å². The van der Waals surface area contributed by atoms with Crippen LogP contribution in [0.1, 0.15) is 44.1 Å². The highest BCUT2D eigenvalue weighted by Gasteiger charge is 2.39. The summed E-state index contributed by atoms with van der Waals surface area (Å²) in [6, 6.07) is 8.70. The third kappa shape index (κ3) is 3.31. The largest absolute Gasteiger partial charge is 0.375 e. The molecule has 1 aliphatic carbocycles. The SMILES string of the molecule is Clc1cccc(CNC2CCOC3(CCCC3)C2)c1. The third-order valence-corrected chi connectivity index (χ3v) is 4.73. The first-order valence-corrected chi connectivity index (χ1v) is 7.75. The third-order valence-electron chi connectivity index (χ3n) is 4.49. The fourth-order valence-electron chi connectivity index (χ4n) is 3.48. The summed E-state index contributed by atoms with van der Waals surface area (Å²) in [7, 11) is 0. The van der Waals surface area contributed by atoms with Crippen molar-refractivity contribution in [2.75, 3.05) is 6.61 Å². The van der Waals surface area contributed by atoms with Crippen LogP contribution in [-0.2, 0) is 11.3 Å². The first-order chi connectivity index (χ1) is 9.26. The van der Waals surface area contributed by atoms with Crippen LogP contribution < -0.4 is 5.32 Å². The molecule has 2 fully saturated rings. The number of nitrogens with one attached hydrogen (secondary N) is 1. The van der Waals surface area contributed by atoms with Crippen molar-refractivity contribution in [3.05, 3.63) is 34.9 Å². The predicted molar refractivity (Wildman–Crippen MR) is 78.5 cm³/mol. The van der Waals surface area contributed by atoms with E-state index in [-0.39, 0.29) is 5.60 Å². The van der Waals surface area contributed by atoms with Crippen LogP contribution in [0.4, 0.5) is 0 Å². The fraction of sp³-hybridized carbons (Fsp3) is 0.625. The summed E-state index contributed by atoms with van der Waals surface area (Å²) in [5, 5.41) is 4.50. The lowest BCUT2D eigenvalue weighted by Crippen LogP contribution is -2.45. The molecule has 1 N–H and O–H groups in total. The second-order valence-corrected chi connectivity index (χ2v) is 6.38. The minimum Gasteiger partial charge on any atom is -0.375 e. The minimum absolute atomic E-state index is 0.199. The van der Waals surface area contributed by atoms with Crippen molar-refractivity contribution >= 4 is 11.6 Å². The number of benzene rings is 1. The number of rotatable bonds is 3. The van der Waals surface area contributed by atoms with Gasteiger partial charge in [-0.05, 0) is 43.4 Å². The van der Waals surface area contributed by atoms with Gasteiger partial charge < -0.3 is 10.1 Å². The molecule has 1 heterocycles. The van der Waals surface area contributed by atoms with Crippen LogP contribution in [0.2, 0.25) is 5.02 Å². The van der Waals surface area contributed by atoms with E-state index in [4.69, 9.17) is 16.3 Å². The van der Waals surface area contributed by atoms with Crippen molar-refractivity contribution in [1.82, 2.24) is 5.32 Å². The maximum absolute atomic E-state index is 6.07. The number of hydrogen-bond donors (Lipinski definition) is 1. The fourth-order valence-corrected chi connectivity index (χ4v) is 3.69.